The predicted molar refractivity (Wildman–Crippen MR) is 79.7 cm³/mol. The highest BCUT2D eigenvalue weighted by atomic mass is 16.5. The number of hydrogen-bond acceptors (Lipinski definition) is 3. The summed E-state index contributed by atoms with van der Waals surface area (Å²) in [6.07, 6.45) is 2.92. The van der Waals surface area contributed by atoms with E-state index < -0.39 is 0 Å². The van der Waals surface area contributed by atoms with Gasteiger partial charge in [0.05, 0.1) is 6.61 Å². The van der Waals surface area contributed by atoms with E-state index in [4.69, 9.17) is 15.6 Å². The average molecular weight is 265 g/mol. The van der Waals surface area contributed by atoms with Crippen LogP contribution in [0.5, 0.6) is 5.75 Å². The van der Waals surface area contributed by atoms with Crippen LogP contribution in [0.2, 0.25) is 0 Å². The first kappa shape index (κ1) is 16.0. The Labute approximate surface area is 116 Å². The van der Waals surface area contributed by atoms with E-state index >= 15 is 0 Å². The van der Waals surface area contributed by atoms with Crippen LogP contribution in [-0.4, -0.2) is 24.9 Å². The van der Waals surface area contributed by atoms with Gasteiger partial charge in [0.15, 0.2) is 0 Å². The number of ether oxygens (including phenoxy) is 1. The molecule has 3 nitrogen and oxygen atoms in total. The first-order valence-corrected chi connectivity index (χ1v) is 7.16. The summed E-state index contributed by atoms with van der Waals surface area (Å²) in [5.74, 6) is 1.19. The largest absolute Gasteiger partial charge is 0.493 e. The molecule has 1 atom stereocenters. The molecule has 0 amide bonds. The normalized spacial score (nSPS) is 12.5. The summed E-state index contributed by atoms with van der Waals surface area (Å²) < 4.78 is 5.73. The van der Waals surface area contributed by atoms with E-state index in [9.17, 15) is 0 Å². The fourth-order valence-corrected chi connectivity index (χ4v) is 2.13. The van der Waals surface area contributed by atoms with Crippen LogP contribution in [0.15, 0.2) is 12.1 Å². The van der Waals surface area contributed by atoms with E-state index in [0.717, 1.165) is 31.6 Å². The maximum atomic E-state index is 9.17. The van der Waals surface area contributed by atoms with E-state index in [2.05, 4.69) is 32.9 Å². The molecule has 19 heavy (non-hydrogen) atoms. The fourth-order valence-electron chi connectivity index (χ4n) is 2.13. The maximum absolute atomic E-state index is 9.17. The van der Waals surface area contributed by atoms with Crippen LogP contribution < -0.4 is 10.5 Å². The van der Waals surface area contributed by atoms with Gasteiger partial charge in [-0.3, -0.25) is 0 Å². The highest BCUT2D eigenvalue weighted by Gasteiger charge is 2.09. The molecule has 0 aliphatic rings. The molecule has 1 aromatic carbocycles. The van der Waals surface area contributed by atoms with Crippen LogP contribution in [0.1, 0.15) is 36.5 Å². The first-order chi connectivity index (χ1) is 9.12. The summed E-state index contributed by atoms with van der Waals surface area (Å²) in [6, 6.07) is 4.32. The lowest BCUT2D eigenvalue weighted by molar-refractivity contribution is 0.223. The summed E-state index contributed by atoms with van der Waals surface area (Å²) >= 11 is 0. The van der Waals surface area contributed by atoms with Gasteiger partial charge >= 0.3 is 0 Å². The first-order valence-electron chi connectivity index (χ1n) is 7.16. The summed E-state index contributed by atoms with van der Waals surface area (Å²) in [5, 5.41) is 9.17. The van der Waals surface area contributed by atoms with Crippen LogP contribution in [0.3, 0.4) is 0 Å². The third-order valence-electron chi connectivity index (χ3n) is 3.51. The average Bonchev–Trinajstić information content (AvgIpc) is 2.41. The van der Waals surface area contributed by atoms with E-state index in [-0.39, 0.29) is 12.5 Å². The molecule has 0 heterocycles. The van der Waals surface area contributed by atoms with Crippen molar-refractivity contribution in [3.8, 4) is 5.75 Å². The van der Waals surface area contributed by atoms with Crippen molar-refractivity contribution in [1.29, 1.82) is 0 Å². The van der Waals surface area contributed by atoms with E-state index in [0.29, 0.717) is 6.54 Å². The Morgan fingerprint density at radius 3 is 2.58 bits per heavy atom. The third kappa shape index (κ3) is 4.84. The standard InChI is InChI=1S/C16H27NO2/c1-4-7-19-16-9-12(2)15(8-13(16)3)6-5-14(10-17)11-18/h8-9,14,18H,4-7,10-11,17H2,1-3H3. The summed E-state index contributed by atoms with van der Waals surface area (Å²) in [4.78, 5) is 0. The second-order valence-corrected chi connectivity index (χ2v) is 5.22. The molecule has 1 aromatic rings. The minimum Gasteiger partial charge on any atom is -0.493 e. The third-order valence-corrected chi connectivity index (χ3v) is 3.51. The number of aliphatic hydroxyl groups is 1. The Balaban J connectivity index is 2.72. The van der Waals surface area contributed by atoms with Gasteiger partial charge in [0, 0.05) is 6.61 Å². The number of aryl methyl sites for hydroxylation is 3. The number of nitrogens with two attached hydrogens (primary N) is 1. The molecule has 0 aromatic heterocycles. The zero-order valence-corrected chi connectivity index (χ0v) is 12.4. The number of rotatable bonds is 8. The van der Waals surface area contributed by atoms with E-state index in [1.807, 2.05) is 0 Å². The Hall–Kier alpha value is -1.06. The molecule has 0 radical (unpaired) electrons. The molecule has 0 saturated heterocycles. The zero-order valence-electron chi connectivity index (χ0n) is 12.4. The molecule has 0 bridgehead atoms. The molecule has 0 saturated carbocycles. The number of benzene rings is 1. The van der Waals surface area contributed by atoms with E-state index in [1.165, 1.54) is 16.7 Å². The van der Waals surface area contributed by atoms with Crippen molar-refractivity contribution in [2.45, 2.75) is 40.0 Å². The van der Waals surface area contributed by atoms with Crippen LogP contribution >= 0.6 is 0 Å². The van der Waals surface area contributed by atoms with Gasteiger partial charge in [-0.05, 0) is 68.3 Å². The lowest BCUT2D eigenvalue weighted by Gasteiger charge is -2.15. The van der Waals surface area contributed by atoms with E-state index in [1.54, 1.807) is 0 Å². The molecule has 3 heteroatoms. The van der Waals surface area contributed by atoms with Crippen molar-refractivity contribution in [1.82, 2.24) is 0 Å². The Kier molecular flexibility index (Phi) is 6.89. The summed E-state index contributed by atoms with van der Waals surface area (Å²) in [5.41, 5.74) is 9.38. The van der Waals surface area contributed by atoms with Gasteiger partial charge in [-0.1, -0.05) is 13.0 Å². The minimum absolute atomic E-state index is 0.173. The molecule has 0 fully saturated rings. The molecule has 1 rings (SSSR count). The quantitative estimate of drug-likeness (QED) is 0.759. The van der Waals surface area contributed by atoms with Gasteiger partial charge < -0.3 is 15.6 Å². The Bertz CT molecular complexity index is 387. The molecule has 0 spiro atoms. The molecule has 0 aliphatic carbocycles. The second kappa shape index (κ2) is 8.18. The maximum Gasteiger partial charge on any atom is 0.122 e. The highest BCUT2D eigenvalue weighted by molar-refractivity contribution is 5.41. The second-order valence-electron chi connectivity index (χ2n) is 5.22. The molecule has 3 N–H and O–H groups in total. The predicted octanol–water partition coefficient (Wildman–Crippen LogP) is 2.59. The lowest BCUT2D eigenvalue weighted by atomic mass is 9.96. The smallest absolute Gasteiger partial charge is 0.122 e. The zero-order chi connectivity index (χ0) is 14.3. The van der Waals surface area contributed by atoms with Crippen molar-refractivity contribution in [2.24, 2.45) is 11.7 Å². The Morgan fingerprint density at radius 1 is 1.26 bits per heavy atom. The number of aliphatic hydroxyl groups excluding tert-OH is 1. The minimum atomic E-state index is 0.173. The van der Waals surface area contributed by atoms with Gasteiger partial charge in [0.2, 0.25) is 0 Å². The number of hydrogen-bond donors (Lipinski definition) is 2. The van der Waals surface area contributed by atoms with Gasteiger partial charge in [-0.25, -0.2) is 0 Å². The van der Waals surface area contributed by atoms with Crippen LogP contribution in [0.25, 0.3) is 0 Å². The van der Waals surface area contributed by atoms with Crippen LogP contribution in [0.4, 0.5) is 0 Å². The van der Waals surface area contributed by atoms with Crippen LogP contribution in [0, 0.1) is 19.8 Å². The monoisotopic (exact) mass is 265 g/mol. The van der Waals surface area contributed by atoms with Crippen molar-refractivity contribution in [3.63, 3.8) is 0 Å². The summed E-state index contributed by atoms with van der Waals surface area (Å²) in [7, 11) is 0. The van der Waals surface area contributed by atoms with Gasteiger partial charge in [0.25, 0.3) is 0 Å². The lowest BCUT2D eigenvalue weighted by Crippen LogP contribution is -2.18. The van der Waals surface area contributed by atoms with Gasteiger partial charge in [-0.15, -0.1) is 0 Å². The van der Waals surface area contributed by atoms with Gasteiger partial charge in [-0.2, -0.15) is 0 Å². The fraction of sp³-hybridized carbons (Fsp3) is 0.625. The molecular weight excluding hydrogens is 238 g/mol. The summed E-state index contributed by atoms with van der Waals surface area (Å²) in [6.45, 7) is 7.79. The molecular formula is C16H27NO2. The topological polar surface area (TPSA) is 55.5 Å². The molecule has 108 valence electrons. The van der Waals surface area contributed by atoms with Crippen molar-refractivity contribution < 1.29 is 9.84 Å². The van der Waals surface area contributed by atoms with Gasteiger partial charge in [0.1, 0.15) is 5.75 Å². The molecule has 1 unspecified atom stereocenters. The van der Waals surface area contributed by atoms with Crippen molar-refractivity contribution >= 4 is 0 Å². The highest BCUT2D eigenvalue weighted by Crippen LogP contribution is 2.24. The Morgan fingerprint density at radius 2 is 2.00 bits per heavy atom. The van der Waals surface area contributed by atoms with Crippen LogP contribution in [-0.2, 0) is 6.42 Å². The SMILES string of the molecule is CCCOc1cc(C)c(CCC(CN)CO)cc1C. The van der Waals surface area contributed by atoms with Crippen molar-refractivity contribution in [3.05, 3.63) is 28.8 Å². The molecule has 0 aliphatic heterocycles. The van der Waals surface area contributed by atoms with Crippen molar-refractivity contribution in [2.75, 3.05) is 19.8 Å².